The maximum absolute atomic E-state index is 14.0. The van der Waals surface area contributed by atoms with Gasteiger partial charge in [0.1, 0.15) is 5.76 Å². The van der Waals surface area contributed by atoms with Crippen molar-refractivity contribution in [3.63, 3.8) is 0 Å². The van der Waals surface area contributed by atoms with Crippen LogP contribution in [0.5, 0.6) is 0 Å². The number of fused-ring (bicyclic) bond motifs is 4. The summed E-state index contributed by atoms with van der Waals surface area (Å²) in [6.07, 6.45) is -2.50. The molecule has 9 heteroatoms. The van der Waals surface area contributed by atoms with Crippen LogP contribution in [-0.4, -0.2) is 20.5 Å². The molecule has 1 aliphatic rings. The number of hydrogen-bond acceptors (Lipinski definition) is 4. The van der Waals surface area contributed by atoms with E-state index in [1.54, 1.807) is 24.3 Å². The number of carbonyl (C=O) groups is 1. The molecule has 0 fully saturated rings. The van der Waals surface area contributed by atoms with Crippen LogP contribution in [0.15, 0.2) is 53.1 Å². The van der Waals surface area contributed by atoms with Crippen LogP contribution < -0.4 is 5.32 Å². The van der Waals surface area contributed by atoms with Gasteiger partial charge in [-0.1, -0.05) is 24.3 Å². The molecule has 0 radical (unpaired) electrons. The molecule has 3 aromatic heterocycles. The Morgan fingerprint density at radius 3 is 2.77 bits per heavy atom. The molecule has 0 saturated heterocycles. The van der Waals surface area contributed by atoms with Gasteiger partial charge in [0.05, 0.1) is 18.5 Å². The molecule has 1 aliphatic carbocycles. The molecule has 0 bridgehead atoms. The molecule has 152 valence electrons. The first-order valence-corrected chi connectivity index (χ1v) is 9.30. The Balaban J connectivity index is 1.62. The Hall–Kier alpha value is -3.62. The molecule has 1 amide bonds. The summed E-state index contributed by atoms with van der Waals surface area (Å²) in [6.45, 7) is 0.100. The van der Waals surface area contributed by atoms with Gasteiger partial charge >= 0.3 is 6.18 Å². The molecule has 0 atom stereocenters. The standard InChI is InChI=1S/C21H15F3N4O2/c22-21(23,24)19-15-8-7-12-4-1-2-6-14(12)18(15)26-17-10-16(27-28(17)19)20(29)25-11-13-5-3-9-30-13/h1-6,9-10H,7-8,11H2,(H,25,29). The fraction of sp³-hybridized carbons (Fsp3) is 0.190. The van der Waals surface area contributed by atoms with E-state index in [1.807, 2.05) is 12.1 Å². The van der Waals surface area contributed by atoms with Gasteiger partial charge in [-0.3, -0.25) is 4.79 Å². The van der Waals surface area contributed by atoms with Gasteiger partial charge in [0.15, 0.2) is 17.0 Å². The van der Waals surface area contributed by atoms with E-state index >= 15 is 0 Å². The Labute approximate surface area is 168 Å². The highest BCUT2D eigenvalue weighted by molar-refractivity contribution is 5.93. The Morgan fingerprint density at radius 1 is 1.17 bits per heavy atom. The molecule has 6 nitrogen and oxygen atoms in total. The SMILES string of the molecule is O=C(NCc1ccco1)c1cc2nc3c(c(C(F)(F)F)n2n1)CCc1ccccc1-3. The maximum Gasteiger partial charge on any atom is 0.433 e. The second kappa shape index (κ2) is 6.72. The molecule has 1 N–H and O–H groups in total. The van der Waals surface area contributed by atoms with E-state index in [1.165, 1.54) is 12.3 Å². The maximum atomic E-state index is 14.0. The molecule has 0 aliphatic heterocycles. The van der Waals surface area contributed by atoms with Crippen molar-refractivity contribution in [1.29, 1.82) is 0 Å². The molecule has 0 saturated carbocycles. The summed E-state index contributed by atoms with van der Waals surface area (Å²) >= 11 is 0. The highest BCUT2D eigenvalue weighted by Crippen LogP contribution is 2.40. The first kappa shape index (κ1) is 18.4. The van der Waals surface area contributed by atoms with Gasteiger partial charge in [-0.15, -0.1) is 0 Å². The summed E-state index contributed by atoms with van der Waals surface area (Å²) in [5.74, 6) is -0.0864. The van der Waals surface area contributed by atoms with Crippen molar-refractivity contribution in [2.45, 2.75) is 25.6 Å². The highest BCUT2D eigenvalue weighted by atomic mass is 19.4. The zero-order valence-electron chi connectivity index (χ0n) is 15.5. The number of nitrogens with zero attached hydrogens (tertiary/aromatic N) is 3. The molecule has 1 aromatic carbocycles. The van der Waals surface area contributed by atoms with Gasteiger partial charge in [0, 0.05) is 17.2 Å². The number of hydrogen-bond donors (Lipinski definition) is 1. The van der Waals surface area contributed by atoms with Crippen LogP contribution in [0.2, 0.25) is 0 Å². The minimum absolute atomic E-state index is 0.0269. The topological polar surface area (TPSA) is 72.4 Å². The number of halogens is 3. The third kappa shape index (κ3) is 3.02. The van der Waals surface area contributed by atoms with Crippen LogP contribution >= 0.6 is 0 Å². The summed E-state index contributed by atoms with van der Waals surface area (Å²) in [4.78, 5) is 16.9. The summed E-state index contributed by atoms with van der Waals surface area (Å²) < 4.78 is 47.9. The van der Waals surface area contributed by atoms with Gasteiger partial charge in [-0.2, -0.15) is 18.3 Å². The second-order valence-corrected chi connectivity index (χ2v) is 7.00. The minimum Gasteiger partial charge on any atom is -0.467 e. The van der Waals surface area contributed by atoms with E-state index in [9.17, 15) is 18.0 Å². The summed E-state index contributed by atoms with van der Waals surface area (Å²) in [6, 6.07) is 11.9. The lowest BCUT2D eigenvalue weighted by molar-refractivity contribution is -0.143. The lowest BCUT2D eigenvalue weighted by Gasteiger charge is -2.23. The number of aryl methyl sites for hydroxylation is 1. The van der Waals surface area contributed by atoms with Crippen LogP contribution in [0, 0.1) is 0 Å². The number of aromatic nitrogens is 3. The number of amides is 1. The largest absolute Gasteiger partial charge is 0.467 e. The minimum atomic E-state index is -4.65. The molecule has 0 unspecified atom stereocenters. The van der Waals surface area contributed by atoms with Crippen molar-refractivity contribution in [1.82, 2.24) is 19.9 Å². The third-order valence-electron chi connectivity index (χ3n) is 5.12. The molecule has 5 rings (SSSR count). The number of nitrogens with one attached hydrogen (secondary N) is 1. The second-order valence-electron chi connectivity index (χ2n) is 7.00. The Bertz CT molecular complexity index is 1260. The van der Waals surface area contributed by atoms with E-state index < -0.39 is 17.8 Å². The first-order chi connectivity index (χ1) is 14.4. The number of furan rings is 1. The molecule has 4 aromatic rings. The first-order valence-electron chi connectivity index (χ1n) is 9.30. The van der Waals surface area contributed by atoms with Crippen molar-refractivity contribution >= 4 is 11.6 Å². The Kier molecular flexibility index (Phi) is 4.12. The molecule has 30 heavy (non-hydrogen) atoms. The van der Waals surface area contributed by atoms with E-state index in [0.717, 1.165) is 10.1 Å². The number of rotatable bonds is 3. The van der Waals surface area contributed by atoms with Crippen LogP contribution in [0.1, 0.15) is 33.1 Å². The van der Waals surface area contributed by atoms with Crippen LogP contribution in [0.3, 0.4) is 0 Å². The van der Waals surface area contributed by atoms with E-state index in [-0.39, 0.29) is 29.9 Å². The molecule has 0 spiro atoms. The predicted molar refractivity (Wildman–Crippen MR) is 101 cm³/mol. The fourth-order valence-corrected chi connectivity index (χ4v) is 3.80. The number of benzene rings is 1. The van der Waals surface area contributed by atoms with Crippen molar-refractivity contribution in [3.05, 3.63) is 77.0 Å². The van der Waals surface area contributed by atoms with Crippen molar-refractivity contribution in [3.8, 4) is 11.3 Å². The number of carbonyl (C=O) groups excluding carboxylic acids is 1. The fourth-order valence-electron chi connectivity index (χ4n) is 3.80. The Morgan fingerprint density at radius 2 is 2.00 bits per heavy atom. The molecular weight excluding hydrogens is 397 g/mol. The van der Waals surface area contributed by atoms with E-state index in [2.05, 4.69) is 15.4 Å². The number of alkyl halides is 3. The lowest BCUT2D eigenvalue weighted by atomic mass is 9.88. The molecular formula is C21H15F3N4O2. The summed E-state index contributed by atoms with van der Waals surface area (Å²) in [7, 11) is 0. The van der Waals surface area contributed by atoms with Gasteiger partial charge in [-0.05, 0) is 30.5 Å². The average Bonchev–Trinajstić information content (AvgIpc) is 3.38. The van der Waals surface area contributed by atoms with Gasteiger partial charge in [0.25, 0.3) is 5.91 Å². The smallest absolute Gasteiger partial charge is 0.433 e. The predicted octanol–water partition coefficient (Wildman–Crippen LogP) is 4.04. The van der Waals surface area contributed by atoms with Crippen LogP contribution in [0.4, 0.5) is 13.2 Å². The lowest BCUT2D eigenvalue weighted by Crippen LogP contribution is -2.24. The van der Waals surface area contributed by atoms with Gasteiger partial charge in [-0.25, -0.2) is 9.50 Å². The van der Waals surface area contributed by atoms with Crippen molar-refractivity contribution < 1.29 is 22.4 Å². The van der Waals surface area contributed by atoms with Crippen molar-refractivity contribution in [2.24, 2.45) is 0 Å². The van der Waals surface area contributed by atoms with Crippen LogP contribution in [-0.2, 0) is 25.6 Å². The van der Waals surface area contributed by atoms with Gasteiger partial charge in [0.2, 0.25) is 0 Å². The normalized spacial score (nSPS) is 13.2. The summed E-state index contributed by atoms with van der Waals surface area (Å²) in [5.41, 5.74) is 0.958. The monoisotopic (exact) mass is 412 g/mol. The van der Waals surface area contributed by atoms with Crippen molar-refractivity contribution in [2.75, 3.05) is 0 Å². The zero-order chi connectivity index (χ0) is 20.9. The quantitative estimate of drug-likeness (QED) is 0.551. The van der Waals surface area contributed by atoms with Gasteiger partial charge < -0.3 is 9.73 Å². The average molecular weight is 412 g/mol. The zero-order valence-corrected chi connectivity index (χ0v) is 15.5. The molecule has 3 heterocycles. The third-order valence-corrected chi connectivity index (χ3v) is 5.12. The highest BCUT2D eigenvalue weighted by Gasteiger charge is 2.40. The summed E-state index contributed by atoms with van der Waals surface area (Å²) in [5, 5.41) is 6.52. The van der Waals surface area contributed by atoms with E-state index in [4.69, 9.17) is 4.42 Å². The van der Waals surface area contributed by atoms with E-state index in [0.29, 0.717) is 23.4 Å². The van der Waals surface area contributed by atoms with Crippen LogP contribution in [0.25, 0.3) is 16.9 Å².